The molecule has 4 N–H and O–H groups in total. The third-order valence-electron chi connectivity index (χ3n) is 8.05. The van der Waals surface area contributed by atoms with Gasteiger partial charge in [-0.2, -0.15) is 0 Å². The molecule has 2 aromatic heterocycles. The summed E-state index contributed by atoms with van der Waals surface area (Å²) in [5.74, 6) is -1.02. The molecule has 208 valence electrons. The minimum atomic E-state index is -1.21. The van der Waals surface area contributed by atoms with Gasteiger partial charge in [-0.3, -0.25) is 14.4 Å². The topological polar surface area (TPSA) is 157 Å². The molecule has 2 fully saturated rings. The molecule has 2 unspecified atom stereocenters. The van der Waals surface area contributed by atoms with Gasteiger partial charge in [-0.1, -0.05) is 37.3 Å². The van der Waals surface area contributed by atoms with Crippen LogP contribution in [0.5, 0.6) is 0 Å². The summed E-state index contributed by atoms with van der Waals surface area (Å²) in [6.07, 6.45) is 9.13. The van der Waals surface area contributed by atoms with E-state index in [1.54, 1.807) is 49.1 Å². The second-order valence-corrected chi connectivity index (χ2v) is 11.4. The normalized spacial score (nSPS) is 21.3. The molecule has 0 bridgehead atoms. The predicted octanol–water partition coefficient (Wildman–Crippen LogP) is 2.65. The Labute approximate surface area is 226 Å². The summed E-state index contributed by atoms with van der Waals surface area (Å²) in [7, 11) is 0. The number of nitrogens with one attached hydrogen (secondary N) is 1. The molecular formula is C28H36N6O5. The highest BCUT2D eigenvalue weighted by Crippen LogP contribution is 2.33. The van der Waals surface area contributed by atoms with Crippen molar-refractivity contribution in [1.82, 2.24) is 25.2 Å². The fraction of sp³-hybridized carbons (Fsp3) is 0.536. The van der Waals surface area contributed by atoms with Crippen molar-refractivity contribution in [2.45, 2.75) is 82.5 Å². The molecular weight excluding hydrogens is 500 g/mol. The highest BCUT2D eigenvalue weighted by Gasteiger charge is 2.44. The zero-order valence-electron chi connectivity index (χ0n) is 22.4. The molecule has 1 saturated heterocycles. The summed E-state index contributed by atoms with van der Waals surface area (Å²) in [6.45, 7) is 3.42. The summed E-state index contributed by atoms with van der Waals surface area (Å²) < 4.78 is 6.95. The van der Waals surface area contributed by atoms with E-state index in [0.29, 0.717) is 29.2 Å². The number of furan rings is 1. The first-order valence-corrected chi connectivity index (χ1v) is 13.6. The molecule has 1 aliphatic heterocycles. The first-order chi connectivity index (χ1) is 18.6. The van der Waals surface area contributed by atoms with Gasteiger partial charge in [0.25, 0.3) is 5.91 Å². The van der Waals surface area contributed by atoms with Crippen LogP contribution in [-0.4, -0.2) is 61.4 Å². The maximum atomic E-state index is 14.1. The van der Waals surface area contributed by atoms with Gasteiger partial charge in [0.05, 0.1) is 24.2 Å². The van der Waals surface area contributed by atoms with E-state index in [4.69, 9.17) is 10.2 Å². The fourth-order valence-corrected chi connectivity index (χ4v) is 5.98. The van der Waals surface area contributed by atoms with Gasteiger partial charge in [-0.05, 0) is 50.5 Å². The van der Waals surface area contributed by atoms with E-state index in [9.17, 15) is 19.5 Å². The lowest BCUT2D eigenvalue weighted by atomic mass is 9.84. The SMILES string of the molecule is CC(C)(O)c1cnnn1C1CC(C(N)=O)N(C(=O)[C@@H](CC2CCCCC2)NC(=O)c2ccc3occc3c2)C1. The first kappa shape index (κ1) is 26.9. The summed E-state index contributed by atoms with van der Waals surface area (Å²) in [4.78, 5) is 41.4. The number of fused-ring (bicyclic) bond motifs is 1. The van der Waals surface area contributed by atoms with Crippen LogP contribution in [0.15, 0.2) is 41.1 Å². The van der Waals surface area contributed by atoms with Crippen molar-refractivity contribution in [2.75, 3.05) is 6.54 Å². The standard InChI is InChI=1S/C28H36N6O5/c1-28(2,38)24-15-30-32-34(24)20-14-22(25(29)35)33(16-20)27(37)21(12-17-6-4-3-5-7-17)31-26(36)19-8-9-23-18(13-19)10-11-39-23/h8-11,13,15,17,20-22,38H,3-7,12,14,16H2,1-2H3,(H2,29,35)(H,31,36)/t20?,21-,22?/m1/s1. The predicted molar refractivity (Wildman–Crippen MR) is 142 cm³/mol. The van der Waals surface area contributed by atoms with Crippen molar-refractivity contribution < 1.29 is 23.9 Å². The molecule has 1 aliphatic carbocycles. The fourth-order valence-electron chi connectivity index (χ4n) is 5.98. The minimum Gasteiger partial charge on any atom is -0.464 e. The molecule has 39 heavy (non-hydrogen) atoms. The van der Waals surface area contributed by atoms with E-state index in [2.05, 4.69) is 15.6 Å². The molecule has 5 rings (SSSR count). The van der Waals surface area contributed by atoms with E-state index in [-0.39, 0.29) is 24.8 Å². The van der Waals surface area contributed by atoms with Crippen LogP contribution in [0.3, 0.4) is 0 Å². The van der Waals surface area contributed by atoms with Crippen molar-refractivity contribution in [3.05, 3.63) is 48.0 Å². The number of aliphatic hydroxyl groups is 1. The quantitative estimate of drug-likeness (QED) is 0.399. The number of rotatable bonds is 8. The van der Waals surface area contributed by atoms with Crippen LogP contribution < -0.4 is 11.1 Å². The molecule has 3 aromatic rings. The number of aromatic nitrogens is 3. The maximum absolute atomic E-state index is 14.1. The smallest absolute Gasteiger partial charge is 0.251 e. The van der Waals surface area contributed by atoms with Gasteiger partial charge in [-0.25, -0.2) is 4.68 Å². The molecule has 11 nitrogen and oxygen atoms in total. The van der Waals surface area contributed by atoms with Crippen LogP contribution in [0, 0.1) is 5.92 Å². The highest BCUT2D eigenvalue weighted by molar-refractivity contribution is 6.00. The number of primary amides is 1. The van der Waals surface area contributed by atoms with Gasteiger partial charge in [0.15, 0.2) is 0 Å². The Balaban J connectivity index is 1.40. The first-order valence-electron chi connectivity index (χ1n) is 13.6. The Kier molecular flexibility index (Phi) is 7.44. The van der Waals surface area contributed by atoms with Gasteiger partial charge in [0, 0.05) is 23.9 Å². The van der Waals surface area contributed by atoms with Crippen molar-refractivity contribution in [2.24, 2.45) is 11.7 Å². The third kappa shape index (κ3) is 5.68. The second kappa shape index (κ2) is 10.8. The minimum absolute atomic E-state index is 0.164. The summed E-state index contributed by atoms with van der Waals surface area (Å²) >= 11 is 0. The molecule has 3 atom stereocenters. The van der Waals surface area contributed by atoms with Crippen LogP contribution in [0.1, 0.15) is 80.9 Å². The van der Waals surface area contributed by atoms with Gasteiger partial charge in [0.2, 0.25) is 11.8 Å². The van der Waals surface area contributed by atoms with E-state index < -0.39 is 29.6 Å². The number of likely N-dealkylation sites (tertiary alicyclic amines) is 1. The van der Waals surface area contributed by atoms with Crippen LogP contribution in [0.25, 0.3) is 11.0 Å². The Bertz CT molecular complexity index is 1350. The van der Waals surface area contributed by atoms with Gasteiger partial charge in [0.1, 0.15) is 23.3 Å². The van der Waals surface area contributed by atoms with Gasteiger partial charge >= 0.3 is 0 Å². The molecule has 2 aliphatic rings. The third-order valence-corrected chi connectivity index (χ3v) is 8.05. The average Bonchev–Trinajstić information content (AvgIpc) is 3.66. The molecule has 0 radical (unpaired) electrons. The van der Waals surface area contributed by atoms with Gasteiger partial charge in [-0.15, -0.1) is 5.10 Å². The lowest BCUT2D eigenvalue weighted by molar-refractivity contribution is -0.139. The maximum Gasteiger partial charge on any atom is 0.251 e. The molecule has 3 amide bonds. The van der Waals surface area contributed by atoms with E-state index in [0.717, 1.165) is 31.1 Å². The van der Waals surface area contributed by atoms with Crippen LogP contribution >= 0.6 is 0 Å². The number of benzene rings is 1. The number of hydrogen-bond acceptors (Lipinski definition) is 7. The lowest BCUT2D eigenvalue weighted by Gasteiger charge is -2.31. The van der Waals surface area contributed by atoms with Crippen molar-refractivity contribution in [3.8, 4) is 0 Å². The Morgan fingerprint density at radius 3 is 2.69 bits per heavy atom. The van der Waals surface area contributed by atoms with Crippen LogP contribution in [0.2, 0.25) is 0 Å². The van der Waals surface area contributed by atoms with Crippen LogP contribution in [0.4, 0.5) is 0 Å². The van der Waals surface area contributed by atoms with E-state index in [1.807, 2.05) is 0 Å². The Morgan fingerprint density at radius 1 is 1.21 bits per heavy atom. The summed E-state index contributed by atoms with van der Waals surface area (Å²) in [6, 6.07) is 4.84. The van der Waals surface area contributed by atoms with E-state index >= 15 is 0 Å². The highest BCUT2D eigenvalue weighted by atomic mass is 16.3. The van der Waals surface area contributed by atoms with Crippen molar-refractivity contribution >= 4 is 28.7 Å². The average molecular weight is 537 g/mol. The lowest BCUT2D eigenvalue weighted by Crippen LogP contribution is -2.53. The number of amides is 3. The van der Waals surface area contributed by atoms with Crippen molar-refractivity contribution in [1.29, 1.82) is 0 Å². The Morgan fingerprint density at radius 2 is 1.97 bits per heavy atom. The Hall–Kier alpha value is -3.73. The van der Waals surface area contributed by atoms with Crippen molar-refractivity contribution in [3.63, 3.8) is 0 Å². The number of nitrogens with zero attached hydrogens (tertiary/aromatic N) is 4. The molecule has 3 heterocycles. The molecule has 1 aromatic carbocycles. The molecule has 0 spiro atoms. The van der Waals surface area contributed by atoms with E-state index in [1.165, 1.54) is 17.5 Å². The molecule has 11 heteroatoms. The number of carbonyl (C=O) groups excluding carboxylic acids is 3. The number of nitrogens with two attached hydrogens (primary N) is 1. The van der Waals surface area contributed by atoms with Gasteiger partial charge < -0.3 is 25.5 Å². The number of hydrogen-bond donors (Lipinski definition) is 3. The second-order valence-electron chi connectivity index (χ2n) is 11.4. The zero-order chi connectivity index (χ0) is 27.7. The zero-order valence-corrected chi connectivity index (χ0v) is 22.4. The monoisotopic (exact) mass is 536 g/mol. The van der Waals surface area contributed by atoms with Crippen LogP contribution in [-0.2, 0) is 15.2 Å². The summed E-state index contributed by atoms with van der Waals surface area (Å²) in [5, 5.41) is 22.4. The molecule has 1 saturated carbocycles. The summed E-state index contributed by atoms with van der Waals surface area (Å²) in [5.41, 5.74) is 6.13. The number of carbonyl (C=O) groups is 3. The largest absolute Gasteiger partial charge is 0.464 e.